The molecule has 0 radical (unpaired) electrons. The maximum atomic E-state index is 12.0. The summed E-state index contributed by atoms with van der Waals surface area (Å²) in [7, 11) is 2.96. The van der Waals surface area contributed by atoms with Gasteiger partial charge in [-0.2, -0.15) is 5.10 Å². The van der Waals surface area contributed by atoms with Crippen LogP contribution >= 0.6 is 12.2 Å². The second kappa shape index (κ2) is 6.44. The first kappa shape index (κ1) is 16.4. The highest BCUT2D eigenvalue weighted by Crippen LogP contribution is 2.15. The average molecular weight is 334 g/mol. The summed E-state index contributed by atoms with van der Waals surface area (Å²) in [5, 5.41) is 23.2. The number of aromatic nitrogens is 2. The third kappa shape index (κ3) is 3.14. The van der Waals surface area contributed by atoms with Crippen LogP contribution in [0.1, 0.15) is 15.9 Å². The van der Waals surface area contributed by atoms with Crippen molar-refractivity contribution in [2.24, 2.45) is 19.2 Å². The molecular formula is C14H14N4O4S. The molecule has 0 saturated heterocycles. The number of rotatable bonds is 3. The Balaban J connectivity index is 2.29. The molecule has 0 unspecified atom stereocenters. The van der Waals surface area contributed by atoms with E-state index in [9.17, 15) is 19.8 Å². The molecule has 0 bridgehead atoms. The van der Waals surface area contributed by atoms with Crippen LogP contribution in [0.15, 0.2) is 34.2 Å². The fourth-order valence-corrected chi connectivity index (χ4v) is 2.02. The molecule has 0 spiro atoms. The molecule has 0 aliphatic rings. The first-order valence-corrected chi connectivity index (χ1v) is 6.85. The Morgan fingerprint density at radius 1 is 1.26 bits per heavy atom. The van der Waals surface area contributed by atoms with E-state index < -0.39 is 11.5 Å². The molecule has 1 amide bonds. The van der Waals surface area contributed by atoms with Gasteiger partial charge in [-0.15, -0.1) is 0 Å². The first-order chi connectivity index (χ1) is 10.8. The van der Waals surface area contributed by atoms with Crippen LogP contribution in [0.25, 0.3) is 0 Å². The first-order valence-electron chi connectivity index (χ1n) is 6.45. The predicted molar refractivity (Wildman–Crippen MR) is 86.3 cm³/mol. The molecule has 23 heavy (non-hydrogen) atoms. The molecule has 2 rings (SSSR count). The van der Waals surface area contributed by atoms with Crippen molar-refractivity contribution in [3.63, 3.8) is 0 Å². The molecule has 0 fully saturated rings. The molecule has 0 atom stereocenters. The van der Waals surface area contributed by atoms with Crippen molar-refractivity contribution in [1.29, 1.82) is 0 Å². The van der Waals surface area contributed by atoms with Gasteiger partial charge in [0, 0.05) is 14.1 Å². The third-order valence-electron chi connectivity index (χ3n) is 3.18. The second-order valence-electron chi connectivity index (χ2n) is 4.66. The van der Waals surface area contributed by atoms with Gasteiger partial charge in [-0.3, -0.25) is 18.7 Å². The van der Waals surface area contributed by atoms with Crippen LogP contribution in [0.5, 0.6) is 11.6 Å². The van der Waals surface area contributed by atoms with E-state index in [1.54, 1.807) is 12.1 Å². The van der Waals surface area contributed by atoms with E-state index in [4.69, 9.17) is 12.2 Å². The number of aromatic hydroxyl groups is 2. The molecule has 2 aromatic rings. The summed E-state index contributed by atoms with van der Waals surface area (Å²) in [4.78, 5) is 23.9. The lowest BCUT2D eigenvalue weighted by Gasteiger charge is -2.09. The van der Waals surface area contributed by atoms with Gasteiger partial charge in [0.25, 0.3) is 11.5 Å². The molecule has 9 heteroatoms. The van der Waals surface area contributed by atoms with Crippen LogP contribution in [-0.4, -0.2) is 31.5 Å². The minimum atomic E-state index is -0.653. The van der Waals surface area contributed by atoms with E-state index in [2.05, 4.69) is 10.5 Å². The standard InChI is InChI=1S/C14H14N4O4S/c1-17-12(21)9(13(22)18(2)14(17)23)7-15-16-11(20)8-5-3-4-6-10(8)19/h3-7,19,21H,1-2H3,(H,16,20)/b15-7+. The van der Waals surface area contributed by atoms with E-state index in [0.717, 1.165) is 6.21 Å². The summed E-state index contributed by atoms with van der Waals surface area (Å²) in [5.74, 6) is -1.21. The summed E-state index contributed by atoms with van der Waals surface area (Å²) in [5.41, 5.74) is 1.53. The van der Waals surface area contributed by atoms with Gasteiger partial charge in [-0.05, 0) is 24.4 Å². The van der Waals surface area contributed by atoms with Crippen molar-refractivity contribution < 1.29 is 15.0 Å². The van der Waals surface area contributed by atoms with E-state index in [1.165, 1.54) is 35.4 Å². The smallest absolute Gasteiger partial charge is 0.275 e. The Hall–Kier alpha value is -2.94. The molecule has 120 valence electrons. The minimum Gasteiger partial charge on any atom is -0.507 e. The number of phenolic OH excluding ortho intramolecular Hbond substituents is 1. The fraction of sp³-hybridized carbons (Fsp3) is 0.143. The van der Waals surface area contributed by atoms with Crippen LogP contribution in [0.2, 0.25) is 0 Å². The number of carbonyl (C=O) groups excluding carboxylic acids is 1. The molecular weight excluding hydrogens is 320 g/mol. The lowest BCUT2D eigenvalue weighted by Crippen LogP contribution is -2.26. The lowest BCUT2D eigenvalue weighted by molar-refractivity contribution is 0.0952. The van der Waals surface area contributed by atoms with Crippen LogP contribution in [0.3, 0.4) is 0 Å². The summed E-state index contributed by atoms with van der Waals surface area (Å²) >= 11 is 4.99. The Morgan fingerprint density at radius 3 is 2.57 bits per heavy atom. The van der Waals surface area contributed by atoms with Crippen molar-refractivity contribution >= 4 is 24.3 Å². The number of hydrogen-bond donors (Lipinski definition) is 3. The van der Waals surface area contributed by atoms with E-state index in [-0.39, 0.29) is 27.5 Å². The van der Waals surface area contributed by atoms with Gasteiger partial charge in [-0.25, -0.2) is 5.43 Å². The molecule has 1 aromatic heterocycles. The number of para-hydroxylation sites is 1. The Labute approximate surface area is 135 Å². The molecule has 1 aromatic carbocycles. The predicted octanol–water partition coefficient (Wildman–Crippen LogP) is 0.628. The van der Waals surface area contributed by atoms with Gasteiger partial charge in [0.2, 0.25) is 5.88 Å². The van der Waals surface area contributed by atoms with E-state index in [0.29, 0.717) is 0 Å². The normalized spacial score (nSPS) is 10.9. The Kier molecular flexibility index (Phi) is 4.60. The zero-order valence-electron chi connectivity index (χ0n) is 12.3. The zero-order valence-corrected chi connectivity index (χ0v) is 13.2. The summed E-state index contributed by atoms with van der Waals surface area (Å²) in [6.45, 7) is 0. The van der Waals surface area contributed by atoms with Crippen molar-refractivity contribution in [2.75, 3.05) is 0 Å². The van der Waals surface area contributed by atoms with Crippen LogP contribution in [-0.2, 0) is 14.1 Å². The molecule has 0 aliphatic heterocycles. The van der Waals surface area contributed by atoms with Gasteiger partial charge >= 0.3 is 0 Å². The highest BCUT2D eigenvalue weighted by Gasteiger charge is 2.12. The third-order valence-corrected chi connectivity index (χ3v) is 3.72. The minimum absolute atomic E-state index is 0.0354. The number of nitrogens with zero attached hydrogens (tertiary/aromatic N) is 3. The highest BCUT2D eigenvalue weighted by molar-refractivity contribution is 7.71. The monoisotopic (exact) mass is 334 g/mol. The van der Waals surface area contributed by atoms with Crippen molar-refractivity contribution in [2.45, 2.75) is 0 Å². The van der Waals surface area contributed by atoms with Gasteiger partial charge in [0.1, 0.15) is 11.3 Å². The van der Waals surface area contributed by atoms with Gasteiger partial charge in [0.05, 0.1) is 11.8 Å². The molecule has 0 aliphatic carbocycles. The topological polar surface area (TPSA) is 109 Å². The molecule has 3 N–H and O–H groups in total. The van der Waals surface area contributed by atoms with Gasteiger partial charge in [-0.1, -0.05) is 12.1 Å². The van der Waals surface area contributed by atoms with E-state index in [1.807, 2.05) is 0 Å². The summed E-state index contributed by atoms with van der Waals surface area (Å²) in [6, 6.07) is 5.95. The van der Waals surface area contributed by atoms with Gasteiger partial charge in [0.15, 0.2) is 4.77 Å². The Morgan fingerprint density at radius 2 is 1.91 bits per heavy atom. The maximum Gasteiger partial charge on any atom is 0.275 e. The second-order valence-corrected chi connectivity index (χ2v) is 5.02. The summed E-state index contributed by atoms with van der Waals surface area (Å²) < 4.78 is 2.55. The number of hydrogen-bond acceptors (Lipinski definition) is 6. The van der Waals surface area contributed by atoms with Crippen molar-refractivity contribution in [1.82, 2.24) is 14.6 Å². The van der Waals surface area contributed by atoms with Gasteiger partial charge < -0.3 is 10.2 Å². The summed E-state index contributed by atoms with van der Waals surface area (Å²) in [6.07, 6.45) is 1.02. The number of carbonyl (C=O) groups is 1. The van der Waals surface area contributed by atoms with Crippen molar-refractivity contribution in [3.05, 3.63) is 50.5 Å². The molecule has 8 nitrogen and oxygen atoms in total. The van der Waals surface area contributed by atoms with Crippen LogP contribution < -0.4 is 11.0 Å². The number of phenols is 1. The fourth-order valence-electron chi connectivity index (χ4n) is 1.85. The van der Waals surface area contributed by atoms with Crippen molar-refractivity contribution in [3.8, 4) is 11.6 Å². The number of benzene rings is 1. The lowest BCUT2D eigenvalue weighted by atomic mass is 10.2. The number of amides is 1. The highest BCUT2D eigenvalue weighted by atomic mass is 32.1. The maximum absolute atomic E-state index is 12.0. The number of hydrazone groups is 1. The van der Waals surface area contributed by atoms with Crippen LogP contribution in [0.4, 0.5) is 0 Å². The Bertz CT molecular complexity index is 914. The molecule has 0 saturated carbocycles. The number of nitrogens with one attached hydrogen (secondary N) is 1. The average Bonchev–Trinajstić information content (AvgIpc) is 2.54. The SMILES string of the molecule is Cn1c(O)c(/C=N/NC(=O)c2ccccc2O)c(=O)n(C)c1=S. The van der Waals surface area contributed by atoms with E-state index >= 15 is 0 Å². The largest absolute Gasteiger partial charge is 0.507 e. The zero-order chi connectivity index (χ0) is 17.1. The quantitative estimate of drug-likeness (QED) is 0.433. The molecule has 1 heterocycles. The van der Waals surface area contributed by atoms with Crippen LogP contribution in [0, 0.1) is 4.77 Å².